The van der Waals surface area contributed by atoms with E-state index >= 15 is 0 Å². The molecule has 15 heavy (non-hydrogen) atoms. The van der Waals surface area contributed by atoms with Gasteiger partial charge in [0.15, 0.2) is 5.58 Å². The summed E-state index contributed by atoms with van der Waals surface area (Å²) in [5.74, 6) is 0.239. The van der Waals surface area contributed by atoms with Crippen LogP contribution in [0.2, 0.25) is 5.02 Å². The van der Waals surface area contributed by atoms with Gasteiger partial charge in [-0.05, 0) is 19.4 Å². The van der Waals surface area contributed by atoms with Crippen LogP contribution in [0.4, 0.5) is 0 Å². The van der Waals surface area contributed by atoms with Crippen LogP contribution < -0.4 is 11.3 Å². The fraction of sp³-hybridized carbons (Fsp3) is 0.200. The van der Waals surface area contributed by atoms with Crippen LogP contribution in [-0.2, 0) is 0 Å². The van der Waals surface area contributed by atoms with Crippen LogP contribution in [-0.4, -0.2) is 0 Å². The van der Waals surface area contributed by atoms with Gasteiger partial charge in [0.25, 0.3) is 0 Å². The van der Waals surface area contributed by atoms with Gasteiger partial charge >= 0.3 is 11.3 Å². The van der Waals surface area contributed by atoms with Crippen molar-refractivity contribution < 1.29 is 8.83 Å². The predicted octanol–water partition coefficient (Wildman–Crippen LogP) is 2.02. The lowest BCUT2D eigenvalue weighted by Crippen LogP contribution is -2.07. The van der Waals surface area contributed by atoms with Crippen LogP contribution in [0.3, 0.4) is 0 Å². The van der Waals surface area contributed by atoms with Crippen LogP contribution in [0.15, 0.2) is 24.5 Å². The second-order valence-corrected chi connectivity index (χ2v) is 3.59. The van der Waals surface area contributed by atoms with E-state index in [0.717, 1.165) is 0 Å². The average Bonchev–Trinajstić information content (AvgIpc) is 2.12. The molecular formula is C10H7ClO4. The number of rotatable bonds is 0. The van der Waals surface area contributed by atoms with E-state index in [1.54, 1.807) is 6.92 Å². The molecule has 0 aliphatic carbocycles. The molecule has 78 valence electrons. The van der Waals surface area contributed by atoms with Gasteiger partial charge < -0.3 is 8.83 Å². The van der Waals surface area contributed by atoms with Gasteiger partial charge in [-0.25, -0.2) is 9.59 Å². The molecule has 2 rings (SSSR count). The molecule has 0 aliphatic heterocycles. The zero-order valence-electron chi connectivity index (χ0n) is 8.09. The third kappa shape index (κ3) is 1.47. The van der Waals surface area contributed by atoms with E-state index in [0.29, 0.717) is 5.56 Å². The summed E-state index contributed by atoms with van der Waals surface area (Å²) >= 11 is 5.88. The fourth-order valence-corrected chi connectivity index (χ4v) is 1.58. The molecule has 0 saturated carbocycles. The SMILES string of the molecule is Cc1oc(=O)c2c(C)cc(=O)oc2c1Cl. The Hall–Kier alpha value is -1.55. The van der Waals surface area contributed by atoms with E-state index in [9.17, 15) is 9.59 Å². The van der Waals surface area contributed by atoms with Crippen LogP contribution in [0.25, 0.3) is 11.0 Å². The quantitative estimate of drug-likeness (QED) is 0.690. The van der Waals surface area contributed by atoms with E-state index in [2.05, 4.69) is 0 Å². The Morgan fingerprint density at radius 3 is 2.53 bits per heavy atom. The third-order valence-corrected chi connectivity index (χ3v) is 2.55. The van der Waals surface area contributed by atoms with Gasteiger partial charge in [-0.15, -0.1) is 0 Å². The summed E-state index contributed by atoms with van der Waals surface area (Å²) in [5, 5.41) is 0.371. The van der Waals surface area contributed by atoms with Gasteiger partial charge in [0.05, 0.1) is 0 Å². The highest BCUT2D eigenvalue weighted by molar-refractivity contribution is 6.35. The molecule has 0 N–H and O–H groups in total. The minimum absolute atomic E-state index is 0.0930. The van der Waals surface area contributed by atoms with Crippen molar-refractivity contribution >= 4 is 22.6 Å². The largest absolute Gasteiger partial charge is 0.426 e. The molecule has 0 saturated heterocycles. The molecule has 2 aromatic rings. The van der Waals surface area contributed by atoms with Gasteiger partial charge in [0.2, 0.25) is 0 Å². The highest BCUT2D eigenvalue weighted by Gasteiger charge is 2.14. The highest BCUT2D eigenvalue weighted by atomic mass is 35.5. The molecule has 0 fully saturated rings. The summed E-state index contributed by atoms with van der Waals surface area (Å²) in [5.41, 5.74) is -0.493. The van der Waals surface area contributed by atoms with Crippen LogP contribution in [0.5, 0.6) is 0 Å². The lowest BCUT2D eigenvalue weighted by atomic mass is 10.2. The van der Waals surface area contributed by atoms with E-state index in [-0.39, 0.29) is 21.8 Å². The zero-order valence-corrected chi connectivity index (χ0v) is 8.84. The van der Waals surface area contributed by atoms with E-state index < -0.39 is 11.3 Å². The Balaban J connectivity index is 3.17. The van der Waals surface area contributed by atoms with Crippen molar-refractivity contribution in [2.75, 3.05) is 0 Å². The van der Waals surface area contributed by atoms with Gasteiger partial charge in [-0.1, -0.05) is 11.6 Å². The normalized spacial score (nSPS) is 10.9. The average molecular weight is 227 g/mol. The van der Waals surface area contributed by atoms with E-state index in [1.807, 2.05) is 0 Å². The first-order valence-corrected chi connectivity index (χ1v) is 4.62. The number of fused-ring (bicyclic) bond motifs is 1. The Morgan fingerprint density at radius 2 is 1.87 bits per heavy atom. The Morgan fingerprint density at radius 1 is 1.20 bits per heavy atom. The maximum atomic E-state index is 11.5. The molecule has 5 heteroatoms. The van der Waals surface area contributed by atoms with Crippen molar-refractivity contribution in [3.05, 3.63) is 43.3 Å². The zero-order chi connectivity index (χ0) is 11.2. The summed E-state index contributed by atoms with van der Waals surface area (Å²) in [6.07, 6.45) is 0. The predicted molar refractivity (Wildman–Crippen MR) is 55.5 cm³/mol. The van der Waals surface area contributed by atoms with Crippen LogP contribution >= 0.6 is 11.6 Å². The minimum Gasteiger partial charge on any atom is -0.426 e. The van der Waals surface area contributed by atoms with Gasteiger partial charge in [-0.2, -0.15) is 0 Å². The Labute approximate surface area is 89.1 Å². The molecule has 2 aromatic heterocycles. The number of aryl methyl sites for hydroxylation is 2. The standard InChI is InChI=1S/C10H7ClO4/c1-4-3-6(12)15-9-7(4)10(13)14-5(2)8(9)11/h3H,1-2H3. The molecule has 0 bridgehead atoms. The lowest BCUT2D eigenvalue weighted by molar-refractivity contribution is 0.478. The first kappa shape index (κ1) is 9.98. The van der Waals surface area contributed by atoms with Crippen LogP contribution in [0, 0.1) is 13.8 Å². The number of hydrogen-bond donors (Lipinski definition) is 0. The summed E-state index contributed by atoms with van der Waals surface area (Å²) in [7, 11) is 0. The molecule has 0 unspecified atom stereocenters. The second kappa shape index (κ2) is 3.24. The molecule has 0 radical (unpaired) electrons. The molecule has 0 amide bonds. The van der Waals surface area contributed by atoms with Crippen molar-refractivity contribution in [3.63, 3.8) is 0 Å². The molecule has 0 spiro atoms. The minimum atomic E-state index is -0.548. The number of hydrogen-bond acceptors (Lipinski definition) is 4. The summed E-state index contributed by atoms with van der Waals surface area (Å²) in [6.45, 7) is 3.16. The van der Waals surface area contributed by atoms with Gasteiger partial charge in [0, 0.05) is 6.07 Å². The maximum absolute atomic E-state index is 11.5. The lowest BCUT2D eigenvalue weighted by Gasteiger charge is -2.02. The Bertz CT molecular complexity index is 651. The third-order valence-electron chi connectivity index (χ3n) is 2.12. The molecular weight excluding hydrogens is 220 g/mol. The monoisotopic (exact) mass is 226 g/mol. The topological polar surface area (TPSA) is 60.4 Å². The first-order chi connectivity index (χ1) is 7.00. The summed E-state index contributed by atoms with van der Waals surface area (Å²) in [4.78, 5) is 22.6. The van der Waals surface area contributed by atoms with Crippen molar-refractivity contribution in [3.8, 4) is 0 Å². The molecule has 0 aromatic carbocycles. The Kier molecular flexibility index (Phi) is 2.16. The van der Waals surface area contributed by atoms with Gasteiger partial charge in [-0.3, -0.25) is 0 Å². The second-order valence-electron chi connectivity index (χ2n) is 3.21. The molecule has 0 aliphatic rings. The molecule has 0 atom stereocenters. The van der Waals surface area contributed by atoms with E-state index in [1.165, 1.54) is 13.0 Å². The van der Waals surface area contributed by atoms with Gasteiger partial charge in [0.1, 0.15) is 16.2 Å². The van der Waals surface area contributed by atoms with Crippen molar-refractivity contribution in [2.45, 2.75) is 13.8 Å². The van der Waals surface area contributed by atoms with Crippen molar-refractivity contribution in [2.24, 2.45) is 0 Å². The highest BCUT2D eigenvalue weighted by Crippen LogP contribution is 2.24. The maximum Gasteiger partial charge on any atom is 0.347 e. The van der Waals surface area contributed by atoms with Crippen LogP contribution in [0.1, 0.15) is 11.3 Å². The fourth-order valence-electron chi connectivity index (χ4n) is 1.41. The van der Waals surface area contributed by atoms with Crippen molar-refractivity contribution in [1.29, 1.82) is 0 Å². The number of halogens is 1. The van der Waals surface area contributed by atoms with Crippen molar-refractivity contribution in [1.82, 2.24) is 0 Å². The molecule has 4 nitrogen and oxygen atoms in total. The summed E-state index contributed by atoms with van der Waals surface area (Å²) < 4.78 is 9.78. The molecule has 2 heterocycles. The van der Waals surface area contributed by atoms with E-state index in [4.69, 9.17) is 20.4 Å². The smallest absolute Gasteiger partial charge is 0.347 e. The first-order valence-electron chi connectivity index (χ1n) is 4.24. The summed E-state index contributed by atoms with van der Waals surface area (Å²) in [6, 6.07) is 1.23.